The lowest BCUT2D eigenvalue weighted by atomic mass is 9.92. The highest BCUT2D eigenvalue weighted by Gasteiger charge is 2.34. The summed E-state index contributed by atoms with van der Waals surface area (Å²) in [5.74, 6) is -1.64. The van der Waals surface area contributed by atoms with Gasteiger partial charge in [0, 0.05) is 19.4 Å². The number of carboxylic acid groups (broad SMARTS) is 1. The first-order chi connectivity index (χ1) is 13.8. The molecule has 6 heteroatoms. The molecule has 29 heavy (non-hydrogen) atoms. The number of carbonyl (C=O) groups is 3. The third kappa shape index (κ3) is 5.22. The lowest BCUT2D eigenvalue weighted by Gasteiger charge is -2.34. The fourth-order valence-corrected chi connectivity index (χ4v) is 3.57. The van der Waals surface area contributed by atoms with Crippen LogP contribution in [0.25, 0.3) is 0 Å². The monoisotopic (exact) mass is 394 g/mol. The molecule has 6 nitrogen and oxygen atoms in total. The molecule has 2 amide bonds. The summed E-state index contributed by atoms with van der Waals surface area (Å²) in [6, 6.07) is 12.9. The summed E-state index contributed by atoms with van der Waals surface area (Å²) >= 11 is 0. The number of carboxylic acids is 1. The van der Waals surface area contributed by atoms with Gasteiger partial charge in [-0.15, -0.1) is 0 Å². The van der Waals surface area contributed by atoms with Crippen LogP contribution in [-0.4, -0.2) is 40.4 Å². The predicted octanol–water partition coefficient (Wildman–Crippen LogP) is 2.39. The molecule has 1 heterocycles. The second-order valence-corrected chi connectivity index (χ2v) is 7.61. The highest BCUT2D eigenvalue weighted by Crippen LogP contribution is 2.24. The van der Waals surface area contributed by atoms with Crippen LogP contribution < -0.4 is 5.32 Å². The van der Waals surface area contributed by atoms with Crippen molar-refractivity contribution in [3.05, 3.63) is 70.3 Å². The Morgan fingerprint density at radius 1 is 1.03 bits per heavy atom. The molecule has 2 N–H and O–H groups in total. The molecule has 0 saturated carbocycles. The van der Waals surface area contributed by atoms with Gasteiger partial charge < -0.3 is 15.3 Å². The second-order valence-electron chi connectivity index (χ2n) is 7.61. The lowest BCUT2D eigenvalue weighted by molar-refractivity contribution is -0.151. The van der Waals surface area contributed by atoms with Crippen molar-refractivity contribution in [3.63, 3.8) is 0 Å². The van der Waals surface area contributed by atoms with Gasteiger partial charge in [0.25, 0.3) is 0 Å². The van der Waals surface area contributed by atoms with Crippen LogP contribution in [0.15, 0.2) is 42.5 Å². The summed E-state index contributed by atoms with van der Waals surface area (Å²) in [5, 5.41) is 12.2. The van der Waals surface area contributed by atoms with Gasteiger partial charge in [-0.05, 0) is 37.0 Å². The van der Waals surface area contributed by atoms with Gasteiger partial charge in [0.1, 0.15) is 6.04 Å². The van der Waals surface area contributed by atoms with Crippen LogP contribution in [0.2, 0.25) is 0 Å². The Labute approximate surface area is 170 Å². The highest BCUT2D eigenvalue weighted by molar-refractivity contribution is 5.88. The maximum absolute atomic E-state index is 12.7. The standard InChI is InChI=1S/C23H26N2O4/c1-15-3-6-17(7-4-15)8-10-21(26)24-13-22(27)25-14-19-11-16(2)5-9-18(19)12-20(25)23(28)29/h3-7,9,11,20H,8,10,12-14H2,1-2H3,(H,24,26)(H,28,29). The molecule has 0 fully saturated rings. The molecular weight excluding hydrogens is 368 g/mol. The van der Waals surface area contributed by atoms with Crippen molar-refractivity contribution < 1.29 is 19.5 Å². The number of hydrogen-bond acceptors (Lipinski definition) is 3. The molecule has 1 atom stereocenters. The molecule has 0 aliphatic carbocycles. The van der Waals surface area contributed by atoms with E-state index in [9.17, 15) is 19.5 Å². The van der Waals surface area contributed by atoms with Crippen LogP contribution in [0.4, 0.5) is 0 Å². The van der Waals surface area contributed by atoms with E-state index in [-0.39, 0.29) is 37.7 Å². The van der Waals surface area contributed by atoms with E-state index in [1.165, 1.54) is 4.90 Å². The molecule has 0 radical (unpaired) electrons. The number of nitrogens with zero attached hydrogens (tertiary/aromatic N) is 1. The number of amides is 2. The van der Waals surface area contributed by atoms with Crippen molar-refractivity contribution in [2.24, 2.45) is 0 Å². The average molecular weight is 394 g/mol. The summed E-state index contributed by atoms with van der Waals surface area (Å²) in [7, 11) is 0. The molecule has 0 bridgehead atoms. The van der Waals surface area contributed by atoms with Gasteiger partial charge in [0.15, 0.2) is 0 Å². The Hall–Kier alpha value is -3.15. The Morgan fingerprint density at radius 2 is 1.72 bits per heavy atom. The number of hydrogen-bond donors (Lipinski definition) is 2. The van der Waals surface area contributed by atoms with Gasteiger partial charge in [0.05, 0.1) is 6.54 Å². The molecule has 1 aliphatic rings. The van der Waals surface area contributed by atoms with Crippen molar-refractivity contribution in [3.8, 4) is 0 Å². The fourth-order valence-electron chi connectivity index (χ4n) is 3.57. The Kier molecular flexibility index (Phi) is 6.32. The van der Waals surface area contributed by atoms with Crippen molar-refractivity contribution >= 4 is 17.8 Å². The molecule has 1 aliphatic heterocycles. The third-order valence-corrected chi connectivity index (χ3v) is 5.30. The van der Waals surface area contributed by atoms with E-state index in [0.29, 0.717) is 6.42 Å². The van der Waals surface area contributed by atoms with E-state index >= 15 is 0 Å². The lowest BCUT2D eigenvalue weighted by Crippen LogP contribution is -2.51. The molecule has 0 spiro atoms. The first-order valence-electron chi connectivity index (χ1n) is 9.76. The highest BCUT2D eigenvalue weighted by atomic mass is 16.4. The first kappa shape index (κ1) is 20.6. The number of fused-ring (bicyclic) bond motifs is 1. The maximum atomic E-state index is 12.7. The zero-order valence-corrected chi connectivity index (χ0v) is 16.8. The minimum Gasteiger partial charge on any atom is -0.480 e. The Bertz CT molecular complexity index is 921. The van der Waals surface area contributed by atoms with Crippen molar-refractivity contribution in [1.29, 1.82) is 0 Å². The quantitative estimate of drug-likeness (QED) is 0.788. The van der Waals surface area contributed by atoms with E-state index in [4.69, 9.17) is 0 Å². The summed E-state index contributed by atoms with van der Waals surface area (Å²) in [6.45, 7) is 4.01. The first-order valence-corrected chi connectivity index (χ1v) is 9.76. The molecule has 3 rings (SSSR count). The minimum atomic E-state index is -1.03. The van der Waals surface area contributed by atoms with Crippen LogP contribution in [-0.2, 0) is 33.8 Å². The normalized spacial score (nSPS) is 15.5. The number of aliphatic carboxylic acids is 1. The molecule has 2 aromatic carbocycles. The second kappa shape index (κ2) is 8.90. The van der Waals surface area contributed by atoms with E-state index in [2.05, 4.69) is 5.32 Å². The van der Waals surface area contributed by atoms with Gasteiger partial charge in [-0.1, -0.05) is 53.6 Å². The van der Waals surface area contributed by atoms with Crippen LogP contribution >= 0.6 is 0 Å². The molecular formula is C23H26N2O4. The summed E-state index contributed by atoms with van der Waals surface area (Å²) in [5.41, 5.74) is 5.20. The number of aryl methyl sites for hydroxylation is 3. The van der Waals surface area contributed by atoms with E-state index in [1.54, 1.807) is 0 Å². The number of benzene rings is 2. The molecule has 152 valence electrons. The summed E-state index contributed by atoms with van der Waals surface area (Å²) in [4.78, 5) is 37.8. The maximum Gasteiger partial charge on any atom is 0.326 e. The van der Waals surface area contributed by atoms with Gasteiger partial charge in [-0.3, -0.25) is 9.59 Å². The van der Waals surface area contributed by atoms with Crippen molar-refractivity contribution in [2.75, 3.05) is 6.54 Å². The molecule has 0 aromatic heterocycles. The van der Waals surface area contributed by atoms with E-state index < -0.39 is 12.0 Å². The van der Waals surface area contributed by atoms with Crippen LogP contribution in [0.1, 0.15) is 34.2 Å². The molecule has 2 aromatic rings. The fraction of sp³-hybridized carbons (Fsp3) is 0.348. The number of carbonyl (C=O) groups excluding carboxylic acids is 2. The average Bonchev–Trinajstić information content (AvgIpc) is 2.70. The minimum absolute atomic E-state index is 0.197. The van der Waals surface area contributed by atoms with E-state index in [1.807, 2.05) is 56.3 Å². The topological polar surface area (TPSA) is 86.7 Å². The van der Waals surface area contributed by atoms with Crippen molar-refractivity contribution in [2.45, 2.75) is 45.7 Å². The SMILES string of the molecule is Cc1ccc(CCC(=O)NCC(=O)N2Cc3cc(C)ccc3CC2C(=O)O)cc1. The van der Waals surface area contributed by atoms with Crippen LogP contribution in [0.5, 0.6) is 0 Å². The van der Waals surface area contributed by atoms with Gasteiger partial charge in [-0.25, -0.2) is 4.79 Å². The number of nitrogens with one attached hydrogen (secondary N) is 1. The summed E-state index contributed by atoms with van der Waals surface area (Å²) in [6.07, 6.45) is 1.15. The Morgan fingerprint density at radius 3 is 2.41 bits per heavy atom. The largest absolute Gasteiger partial charge is 0.480 e. The van der Waals surface area contributed by atoms with Gasteiger partial charge in [-0.2, -0.15) is 0 Å². The summed E-state index contributed by atoms with van der Waals surface area (Å²) < 4.78 is 0. The molecule has 0 saturated heterocycles. The smallest absolute Gasteiger partial charge is 0.326 e. The van der Waals surface area contributed by atoms with E-state index in [0.717, 1.165) is 27.8 Å². The molecule has 1 unspecified atom stereocenters. The zero-order chi connectivity index (χ0) is 21.0. The van der Waals surface area contributed by atoms with Crippen LogP contribution in [0.3, 0.4) is 0 Å². The number of rotatable bonds is 6. The third-order valence-electron chi connectivity index (χ3n) is 5.30. The zero-order valence-electron chi connectivity index (χ0n) is 16.8. The van der Waals surface area contributed by atoms with Gasteiger partial charge in [0.2, 0.25) is 11.8 Å². The van der Waals surface area contributed by atoms with Crippen molar-refractivity contribution in [1.82, 2.24) is 10.2 Å². The Balaban J connectivity index is 1.57. The van der Waals surface area contributed by atoms with Gasteiger partial charge >= 0.3 is 5.97 Å². The van der Waals surface area contributed by atoms with Crippen LogP contribution in [0, 0.1) is 13.8 Å². The predicted molar refractivity (Wildman–Crippen MR) is 109 cm³/mol.